The fraction of sp³-hybridized carbons (Fsp3) is 0.929. The van der Waals surface area contributed by atoms with Crippen LogP contribution in [0.2, 0.25) is 0 Å². The first-order chi connectivity index (χ1) is 8.09. The first kappa shape index (κ1) is 14.5. The lowest BCUT2D eigenvalue weighted by atomic mass is 9.79. The average molecular weight is 240 g/mol. The first-order valence-electron chi connectivity index (χ1n) is 7.11. The first-order valence-corrected chi connectivity index (χ1v) is 7.11. The van der Waals surface area contributed by atoms with Gasteiger partial charge in [-0.2, -0.15) is 0 Å². The maximum absolute atomic E-state index is 10.6. The van der Waals surface area contributed by atoms with E-state index in [0.717, 1.165) is 31.2 Å². The molecular weight excluding hydrogens is 212 g/mol. The molecule has 1 rings (SSSR count). The van der Waals surface area contributed by atoms with E-state index in [9.17, 15) is 4.79 Å². The minimum absolute atomic E-state index is 0.178. The van der Waals surface area contributed by atoms with Crippen LogP contribution >= 0.6 is 0 Å². The summed E-state index contributed by atoms with van der Waals surface area (Å²) in [6.07, 6.45) is 7.92. The summed E-state index contributed by atoms with van der Waals surface area (Å²) in [6.45, 7) is 5.70. The number of carbonyl (C=O) groups is 1. The maximum atomic E-state index is 10.6. The lowest BCUT2D eigenvalue weighted by molar-refractivity contribution is -0.118. The van der Waals surface area contributed by atoms with E-state index in [1.807, 2.05) is 0 Å². The molecule has 1 amide bonds. The van der Waals surface area contributed by atoms with E-state index in [1.165, 1.54) is 25.7 Å². The number of hydrogen-bond acceptors (Lipinski definition) is 2. The van der Waals surface area contributed by atoms with E-state index < -0.39 is 0 Å². The Morgan fingerprint density at radius 3 is 2.76 bits per heavy atom. The molecule has 0 heterocycles. The molecule has 0 radical (unpaired) electrons. The van der Waals surface area contributed by atoms with Gasteiger partial charge >= 0.3 is 0 Å². The minimum atomic E-state index is -0.178. The van der Waals surface area contributed by atoms with Crippen molar-refractivity contribution in [3.63, 3.8) is 0 Å². The highest BCUT2D eigenvalue weighted by Gasteiger charge is 2.23. The topological polar surface area (TPSA) is 55.1 Å². The Kier molecular flexibility index (Phi) is 6.56. The van der Waals surface area contributed by atoms with E-state index in [4.69, 9.17) is 5.73 Å². The summed E-state index contributed by atoms with van der Waals surface area (Å²) in [6, 6.07) is 0.699. The number of unbranched alkanes of at least 4 members (excludes halogenated alkanes) is 1. The second kappa shape index (κ2) is 7.70. The predicted molar refractivity (Wildman–Crippen MR) is 71.6 cm³/mol. The molecule has 1 saturated carbocycles. The maximum Gasteiger partial charge on any atom is 0.217 e. The van der Waals surface area contributed by atoms with Gasteiger partial charge in [-0.25, -0.2) is 0 Å². The van der Waals surface area contributed by atoms with Gasteiger partial charge in [-0.1, -0.05) is 26.7 Å². The molecule has 3 nitrogen and oxygen atoms in total. The summed E-state index contributed by atoms with van der Waals surface area (Å²) >= 11 is 0. The third-order valence-corrected chi connectivity index (χ3v) is 3.94. The largest absolute Gasteiger partial charge is 0.370 e. The van der Waals surface area contributed by atoms with Crippen LogP contribution in [0.3, 0.4) is 0 Å². The number of carbonyl (C=O) groups excluding carboxylic acids is 1. The second-order valence-electron chi connectivity index (χ2n) is 5.75. The molecule has 0 aliphatic heterocycles. The number of hydrogen-bond donors (Lipinski definition) is 2. The number of nitrogens with two attached hydrogens (primary N) is 1. The van der Waals surface area contributed by atoms with Crippen LogP contribution in [0, 0.1) is 11.8 Å². The molecule has 0 spiro atoms. The second-order valence-corrected chi connectivity index (χ2v) is 5.75. The Hall–Kier alpha value is -0.570. The van der Waals surface area contributed by atoms with Crippen LogP contribution < -0.4 is 11.1 Å². The van der Waals surface area contributed by atoms with Crippen LogP contribution in [0.5, 0.6) is 0 Å². The average Bonchev–Trinajstić information content (AvgIpc) is 2.28. The summed E-state index contributed by atoms with van der Waals surface area (Å²) in [5.41, 5.74) is 5.11. The van der Waals surface area contributed by atoms with Crippen molar-refractivity contribution < 1.29 is 4.79 Å². The summed E-state index contributed by atoms with van der Waals surface area (Å²) in [7, 11) is 0. The summed E-state index contributed by atoms with van der Waals surface area (Å²) in [5, 5.41) is 3.63. The van der Waals surface area contributed by atoms with E-state index in [-0.39, 0.29) is 5.91 Å². The molecule has 3 N–H and O–H groups in total. The summed E-state index contributed by atoms with van der Waals surface area (Å²) in [4.78, 5) is 10.6. The molecule has 2 atom stereocenters. The van der Waals surface area contributed by atoms with E-state index in [2.05, 4.69) is 19.2 Å². The Labute approximate surface area is 106 Å². The van der Waals surface area contributed by atoms with E-state index in [1.54, 1.807) is 0 Å². The highest BCUT2D eigenvalue weighted by Crippen LogP contribution is 2.29. The van der Waals surface area contributed by atoms with Crippen LogP contribution in [-0.2, 0) is 4.79 Å². The number of rotatable bonds is 7. The SMILES string of the molecule is CC(C)C1CCCC(NCCCCC(N)=O)C1. The standard InChI is InChI=1S/C14H28N2O/c1-11(2)12-6-5-7-13(10-12)16-9-4-3-8-14(15)17/h11-13,16H,3-10H2,1-2H3,(H2,15,17). The van der Waals surface area contributed by atoms with Gasteiger partial charge in [0, 0.05) is 12.5 Å². The van der Waals surface area contributed by atoms with Gasteiger partial charge in [0.2, 0.25) is 5.91 Å². The van der Waals surface area contributed by atoms with Crippen LogP contribution in [0.1, 0.15) is 58.8 Å². The van der Waals surface area contributed by atoms with Crippen LogP contribution in [0.15, 0.2) is 0 Å². The van der Waals surface area contributed by atoms with E-state index in [0.29, 0.717) is 12.5 Å². The normalized spacial score (nSPS) is 25.1. The van der Waals surface area contributed by atoms with Crippen molar-refractivity contribution in [2.45, 2.75) is 64.8 Å². The molecule has 1 aliphatic rings. The van der Waals surface area contributed by atoms with Gasteiger partial charge < -0.3 is 11.1 Å². The van der Waals surface area contributed by atoms with Crippen molar-refractivity contribution in [2.75, 3.05) is 6.54 Å². The lowest BCUT2D eigenvalue weighted by Gasteiger charge is -2.32. The summed E-state index contributed by atoms with van der Waals surface area (Å²) < 4.78 is 0. The Morgan fingerprint density at radius 1 is 1.35 bits per heavy atom. The monoisotopic (exact) mass is 240 g/mol. The van der Waals surface area contributed by atoms with Gasteiger partial charge in [0.1, 0.15) is 0 Å². The van der Waals surface area contributed by atoms with Gasteiger partial charge in [-0.15, -0.1) is 0 Å². The molecule has 2 unspecified atom stereocenters. The predicted octanol–water partition coefficient (Wildman–Crippen LogP) is 2.45. The molecular formula is C14H28N2O. The van der Waals surface area contributed by atoms with E-state index >= 15 is 0 Å². The molecule has 1 aliphatic carbocycles. The molecule has 17 heavy (non-hydrogen) atoms. The zero-order valence-electron chi connectivity index (χ0n) is 11.4. The zero-order chi connectivity index (χ0) is 12.7. The Bertz CT molecular complexity index is 228. The molecule has 0 saturated heterocycles. The fourth-order valence-corrected chi connectivity index (χ4v) is 2.75. The smallest absolute Gasteiger partial charge is 0.217 e. The molecule has 3 heteroatoms. The van der Waals surface area contributed by atoms with Crippen molar-refractivity contribution in [2.24, 2.45) is 17.6 Å². The Balaban J connectivity index is 2.08. The fourth-order valence-electron chi connectivity index (χ4n) is 2.75. The molecule has 0 bridgehead atoms. The third kappa shape index (κ3) is 6.06. The van der Waals surface area contributed by atoms with Gasteiger partial charge in [-0.3, -0.25) is 4.79 Å². The van der Waals surface area contributed by atoms with Crippen LogP contribution in [0.25, 0.3) is 0 Å². The third-order valence-electron chi connectivity index (χ3n) is 3.94. The molecule has 0 aromatic heterocycles. The zero-order valence-corrected chi connectivity index (χ0v) is 11.4. The minimum Gasteiger partial charge on any atom is -0.370 e. The lowest BCUT2D eigenvalue weighted by Crippen LogP contribution is -2.36. The highest BCUT2D eigenvalue weighted by molar-refractivity contribution is 5.73. The van der Waals surface area contributed by atoms with Crippen molar-refractivity contribution in [3.05, 3.63) is 0 Å². The molecule has 0 aromatic rings. The Morgan fingerprint density at radius 2 is 2.12 bits per heavy atom. The molecule has 0 aromatic carbocycles. The van der Waals surface area contributed by atoms with Gasteiger partial charge in [0.05, 0.1) is 0 Å². The van der Waals surface area contributed by atoms with Crippen molar-refractivity contribution in [3.8, 4) is 0 Å². The van der Waals surface area contributed by atoms with Gasteiger partial charge in [-0.05, 0) is 44.1 Å². The number of amides is 1. The van der Waals surface area contributed by atoms with Crippen molar-refractivity contribution >= 4 is 5.91 Å². The van der Waals surface area contributed by atoms with Gasteiger partial charge in [0.15, 0.2) is 0 Å². The molecule has 100 valence electrons. The number of nitrogens with one attached hydrogen (secondary N) is 1. The number of primary amides is 1. The van der Waals surface area contributed by atoms with Gasteiger partial charge in [0.25, 0.3) is 0 Å². The molecule has 1 fully saturated rings. The van der Waals surface area contributed by atoms with Crippen LogP contribution in [0.4, 0.5) is 0 Å². The van der Waals surface area contributed by atoms with Crippen LogP contribution in [-0.4, -0.2) is 18.5 Å². The van der Waals surface area contributed by atoms with Crippen molar-refractivity contribution in [1.29, 1.82) is 0 Å². The summed E-state index contributed by atoms with van der Waals surface area (Å²) in [5.74, 6) is 1.53. The van der Waals surface area contributed by atoms with Crippen molar-refractivity contribution in [1.82, 2.24) is 5.32 Å². The quantitative estimate of drug-likeness (QED) is 0.672. The highest BCUT2D eigenvalue weighted by atomic mass is 16.1.